The van der Waals surface area contributed by atoms with E-state index < -0.39 is 28.7 Å². The van der Waals surface area contributed by atoms with Crippen molar-refractivity contribution >= 4 is 11.9 Å². The first kappa shape index (κ1) is 14.9. The number of rotatable bonds is 2. The fraction of sp³-hybridized carbons (Fsp3) is 0.800. The zero-order chi connectivity index (χ0) is 11.1. The van der Waals surface area contributed by atoms with Crippen molar-refractivity contribution in [2.75, 3.05) is 0 Å². The van der Waals surface area contributed by atoms with Gasteiger partial charge in [-0.2, -0.15) is 0 Å². The van der Waals surface area contributed by atoms with Crippen LogP contribution < -0.4 is 29.6 Å². The van der Waals surface area contributed by atoms with Gasteiger partial charge in [-0.1, -0.05) is 13.8 Å². The smallest absolute Gasteiger partial charge is 1.00 e. The first-order valence-electron chi connectivity index (χ1n) is 4.69. The van der Waals surface area contributed by atoms with Crippen molar-refractivity contribution in [3.63, 3.8) is 0 Å². The summed E-state index contributed by atoms with van der Waals surface area (Å²) in [4.78, 5) is 22.0. The number of hydrogen-bond acceptors (Lipinski definition) is 2. The minimum absolute atomic E-state index is 0. The molecule has 82 valence electrons. The first-order chi connectivity index (χ1) is 6.23. The van der Waals surface area contributed by atoms with E-state index in [9.17, 15) is 9.59 Å². The summed E-state index contributed by atoms with van der Waals surface area (Å²) >= 11 is 0. The second kappa shape index (κ2) is 4.44. The van der Waals surface area contributed by atoms with E-state index in [2.05, 4.69) is 0 Å². The molecule has 1 aliphatic rings. The molecule has 0 bridgehead atoms. The topological polar surface area (TPSA) is 74.6 Å². The van der Waals surface area contributed by atoms with Gasteiger partial charge in [0.05, 0.1) is 11.3 Å². The van der Waals surface area contributed by atoms with Crippen LogP contribution in [0.25, 0.3) is 0 Å². The van der Waals surface area contributed by atoms with Gasteiger partial charge in [0, 0.05) is 0 Å². The molecule has 4 nitrogen and oxygen atoms in total. The molecule has 0 amide bonds. The maximum atomic E-state index is 11.1. The molecular formula is C10H17NaO4. The van der Waals surface area contributed by atoms with Gasteiger partial charge >= 0.3 is 41.5 Å². The molecule has 0 spiro atoms. The molecule has 1 saturated carbocycles. The Morgan fingerprint density at radius 1 is 1.27 bits per heavy atom. The monoisotopic (exact) mass is 224 g/mol. The number of carbonyl (C=O) groups is 2. The van der Waals surface area contributed by atoms with Gasteiger partial charge in [0.15, 0.2) is 0 Å². The van der Waals surface area contributed by atoms with E-state index in [4.69, 9.17) is 10.2 Å². The summed E-state index contributed by atoms with van der Waals surface area (Å²) in [7, 11) is 0. The van der Waals surface area contributed by atoms with E-state index >= 15 is 0 Å². The van der Waals surface area contributed by atoms with Gasteiger partial charge in [-0.15, -0.1) is 0 Å². The summed E-state index contributed by atoms with van der Waals surface area (Å²) in [5, 5.41) is 18.1. The van der Waals surface area contributed by atoms with E-state index in [1.807, 2.05) is 0 Å². The summed E-state index contributed by atoms with van der Waals surface area (Å²) in [5.74, 6) is -2.34. The molecule has 2 N–H and O–H groups in total. The largest absolute Gasteiger partial charge is 1.00 e. The molecule has 0 saturated heterocycles. The standard InChI is InChI=1S/C10H16O4.Na.H/c1-9(2)6(7(11)12)4-5-10(9,3)8(13)14;;/h6H,4-5H2,1-3H3,(H,11,12)(H,13,14);;/q;+1;-1. The minimum atomic E-state index is -0.921. The summed E-state index contributed by atoms with van der Waals surface area (Å²) < 4.78 is 0. The molecule has 1 fully saturated rings. The van der Waals surface area contributed by atoms with Crippen LogP contribution >= 0.6 is 0 Å². The molecule has 5 heteroatoms. The van der Waals surface area contributed by atoms with Gasteiger partial charge in [0.2, 0.25) is 0 Å². The first-order valence-corrected chi connectivity index (χ1v) is 4.69. The predicted molar refractivity (Wildman–Crippen MR) is 51.0 cm³/mol. The third-order valence-corrected chi connectivity index (χ3v) is 4.00. The summed E-state index contributed by atoms with van der Waals surface area (Å²) in [6.07, 6.45) is 0.886. The van der Waals surface area contributed by atoms with Crippen LogP contribution in [0.15, 0.2) is 0 Å². The summed E-state index contributed by atoms with van der Waals surface area (Å²) in [5.41, 5.74) is -1.61. The van der Waals surface area contributed by atoms with Crippen molar-refractivity contribution in [2.24, 2.45) is 16.7 Å². The Balaban J connectivity index is 0. The molecule has 0 aliphatic heterocycles. The number of aliphatic carboxylic acids is 2. The second-order valence-electron chi connectivity index (χ2n) is 4.79. The van der Waals surface area contributed by atoms with Crippen LogP contribution in [-0.4, -0.2) is 22.2 Å². The molecule has 0 aromatic heterocycles. The Morgan fingerprint density at radius 2 is 1.73 bits per heavy atom. The Labute approximate surface area is 113 Å². The van der Waals surface area contributed by atoms with Crippen LogP contribution in [-0.2, 0) is 9.59 Å². The Bertz CT molecular complexity index is 293. The van der Waals surface area contributed by atoms with Crippen LogP contribution in [0.5, 0.6) is 0 Å². The van der Waals surface area contributed by atoms with Gasteiger partial charge < -0.3 is 11.6 Å². The zero-order valence-electron chi connectivity index (χ0n) is 10.7. The molecule has 1 aliphatic carbocycles. The van der Waals surface area contributed by atoms with E-state index in [0.29, 0.717) is 12.8 Å². The Morgan fingerprint density at radius 3 is 1.93 bits per heavy atom. The molecule has 0 heterocycles. The Hall–Kier alpha value is -0.0600. The molecular weight excluding hydrogens is 207 g/mol. The number of carboxylic acids is 2. The predicted octanol–water partition coefficient (Wildman–Crippen LogP) is -1.29. The summed E-state index contributed by atoms with van der Waals surface area (Å²) in [6.45, 7) is 5.10. The van der Waals surface area contributed by atoms with Crippen LogP contribution in [0.3, 0.4) is 0 Å². The van der Waals surface area contributed by atoms with Gasteiger partial charge in [-0.3, -0.25) is 9.59 Å². The third-order valence-electron chi connectivity index (χ3n) is 4.00. The number of hydrogen-bond donors (Lipinski definition) is 2. The fourth-order valence-electron chi connectivity index (χ4n) is 2.32. The van der Waals surface area contributed by atoms with Crippen molar-refractivity contribution in [1.29, 1.82) is 0 Å². The van der Waals surface area contributed by atoms with Gasteiger partial charge in [-0.25, -0.2) is 0 Å². The summed E-state index contributed by atoms with van der Waals surface area (Å²) in [6, 6.07) is 0. The van der Waals surface area contributed by atoms with Crippen LogP contribution in [0, 0.1) is 16.7 Å². The van der Waals surface area contributed by atoms with Crippen molar-refractivity contribution in [3.8, 4) is 0 Å². The fourth-order valence-corrected chi connectivity index (χ4v) is 2.32. The molecule has 0 aromatic rings. The van der Waals surface area contributed by atoms with Crippen molar-refractivity contribution in [1.82, 2.24) is 0 Å². The molecule has 2 atom stereocenters. The number of carboxylic acid groups (broad SMARTS) is 2. The zero-order valence-corrected chi connectivity index (χ0v) is 11.7. The quantitative estimate of drug-likeness (QED) is 0.573. The molecule has 2 unspecified atom stereocenters. The van der Waals surface area contributed by atoms with Crippen LogP contribution in [0.1, 0.15) is 35.0 Å². The average Bonchev–Trinajstić information content (AvgIpc) is 2.24. The van der Waals surface area contributed by atoms with E-state index in [1.54, 1.807) is 20.8 Å². The van der Waals surface area contributed by atoms with E-state index in [1.165, 1.54) is 0 Å². The third kappa shape index (κ3) is 2.08. The molecule has 0 aromatic carbocycles. The van der Waals surface area contributed by atoms with Crippen molar-refractivity contribution in [3.05, 3.63) is 0 Å². The minimum Gasteiger partial charge on any atom is -1.00 e. The van der Waals surface area contributed by atoms with Gasteiger partial charge in [-0.05, 0) is 25.2 Å². The maximum absolute atomic E-state index is 11.1. The van der Waals surface area contributed by atoms with E-state index in [0.717, 1.165) is 0 Å². The molecule has 1 rings (SSSR count). The molecule has 15 heavy (non-hydrogen) atoms. The van der Waals surface area contributed by atoms with Gasteiger partial charge in [0.1, 0.15) is 0 Å². The van der Waals surface area contributed by atoms with Crippen molar-refractivity contribution in [2.45, 2.75) is 33.6 Å². The van der Waals surface area contributed by atoms with Crippen LogP contribution in [0.2, 0.25) is 0 Å². The van der Waals surface area contributed by atoms with Crippen LogP contribution in [0.4, 0.5) is 0 Å². The normalized spacial score (nSPS) is 33.1. The van der Waals surface area contributed by atoms with Crippen molar-refractivity contribution < 1.29 is 50.8 Å². The maximum Gasteiger partial charge on any atom is 1.00 e. The molecule has 0 radical (unpaired) electrons. The van der Waals surface area contributed by atoms with E-state index in [-0.39, 0.29) is 31.0 Å². The van der Waals surface area contributed by atoms with Gasteiger partial charge in [0.25, 0.3) is 0 Å². The SMILES string of the molecule is CC1(C(=O)O)CCC(C(=O)O)C1(C)C.[H-].[Na+]. The Kier molecular flexibility index (Phi) is 4.42. The average molecular weight is 224 g/mol. The second-order valence-corrected chi connectivity index (χ2v) is 4.79.